The number of likely N-dealkylation sites (tertiary alicyclic amines) is 1. The highest BCUT2D eigenvalue weighted by Gasteiger charge is 2.47. The summed E-state index contributed by atoms with van der Waals surface area (Å²) in [7, 11) is 0. The quantitative estimate of drug-likeness (QED) is 0.0974. The number of nitrogens with zero attached hydrogens (tertiary/aromatic N) is 1. The fourth-order valence-electron chi connectivity index (χ4n) is 5.47. The van der Waals surface area contributed by atoms with Crippen LogP contribution in [-0.2, 0) is 35.2 Å². The maximum Gasteiger partial charge on any atom is 0.258 e. The zero-order valence-electron chi connectivity index (χ0n) is 27.5. The molecule has 0 aromatic heterocycles. The van der Waals surface area contributed by atoms with Gasteiger partial charge >= 0.3 is 0 Å². The summed E-state index contributed by atoms with van der Waals surface area (Å²) < 4.78 is 2.95. The fraction of sp³-hybridized carbons (Fsp3) is 0.471. The molecule has 0 radical (unpaired) electrons. The van der Waals surface area contributed by atoms with Crippen LogP contribution in [0.1, 0.15) is 52.5 Å². The molecule has 1 heterocycles. The number of rotatable bonds is 17. The van der Waals surface area contributed by atoms with Gasteiger partial charge in [-0.2, -0.15) is 0 Å². The van der Waals surface area contributed by atoms with Crippen LogP contribution >= 0.6 is 11.9 Å². The topological polar surface area (TPSA) is 166 Å². The summed E-state index contributed by atoms with van der Waals surface area (Å²) in [5.41, 5.74) is -0.938. The molecule has 13 heteroatoms. The van der Waals surface area contributed by atoms with Crippen LogP contribution in [0.5, 0.6) is 0 Å². The minimum absolute atomic E-state index is 0.0266. The Hall–Kier alpha value is -4.23. The number of hydrogen-bond donors (Lipinski definition) is 5. The molecule has 2 aromatic rings. The number of carbonyl (C=O) groups is 6. The van der Waals surface area contributed by atoms with Crippen molar-refractivity contribution in [3.05, 3.63) is 66.2 Å². The maximum absolute atomic E-state index is 14.0. The van der Waals surface area contributed by atoms with Crippen molar-refractivity contribution in [2.75, 3.05) is 30.7 Å². The van der Waals surface area contributed by atoms with E-state index in [-0.39, 0.29) is 24.8 Å². The van der Waals surface area contributed by atoms with Gasteiger partial charge in [0, 0.05) is 31.3 Å². The van der Waals surface area contributed by atoms with Crippen molar-refractivity contribution < 1.29 is 28.8 Å². The molecule has 1 aliphatic heterocycles. The van der Waals surface area contributed by atoms with E-state index < -0.39 is 53.6 Å². The lowest BCUT2D eigenvalue weighted by atomic mass is 9.84. The molecule has 0 aliphatic carbocycles. The van der Waals surface area contributed by atoms with E-state index in [2.05, 4.69) is 26.0 Å². The lowest BCUT2D eigenvalue weighted by Crippen LogP contribution is -2.66. The number of Topliss-reactive ketones (excluding diaryl/α,β-unsaturated/α-hetero) is 1. The fourth-order valence-corrected chi connectivity index (χ4v) is 5.90. The summed E-state index contributed by atoms with van der Waals surface area (Å²) in [5, 5.41) is 10.8. The van der Waals surface area contributed by atoms with Crippen LogP contribution in [0.3, 0.4) is 0 Å². The second-order valence-electron chi connectivity index (χ2n) is 11.9. The van der Waals surface area contributed by atoms with Gasteiger partial charge in [-0.05, 0) is 42.9 Å². The first-order valence-corrected chi connectivity index (χ1v) is 16.9. The van der Waals surface area contributed by atoms with E-state index in [0.29, 0.717) is 42.8 Å². The molecule has 0 saturated carbocycles. The molecule has 254 valence electrons. The van der Waals surface area contributed by atoms with Crippen molar-refractivity contribution in [1.29, 1.82) is 0 Å². The van der Waals surface area contributed by atoms with E-state index >= 15 is 0 Å². The monoisotopic (exact) mass is 666 g/mol. The summed E-state index contributed by atoms with van der Waals surface area (Å²) in [6.07, 6.45) is 1.34. The van der Waals surface area contributed by atoms with Gasteiger partial charge in [0.15, 0.2) is 11.3 Å². The smallest absolute Gasteiger partial charge is 0.258 e. The van der Waals surface area contributed by atoms with Crippen molar-refractivity contribution in [2.24, 2.45) is 5.92 Å². The molecule has 1 saturated heterocycles. The molecule has 1 fully saturated rings. The van der Waals surface area contributed by atoms with E-state index in [4.69, 9.17) is 0 Å². The number of hydrogen-bond acceptors (Lipinski definition) is 8. The highest BCUT2D eigenvalue weighted by Crippen LogP contribution is 2.20. The first-order chi connectivity index (χ1) is 22.5. The number of nitrogens with one attached hydrogen (secondary N) is 5. The van der Waals surface area contributed by atoms with Gasteiger partial charge in [0.25, 0.3) is 5.91 Å². The second-order valence-corrected chi connectivity index (χ2v) is 13.0. The lowest BCUT2D eigenvalue weighted by molar-refractivity contribution is -0.139. The summed E-state index contributed by atoms with van der Waals surface area (Å²) in [4.78, 5) is 81.4. The zero-order chi connectivity index (χ0) is 34.4. The van der Waals surface area contributed by atoms with Gasteiger partial charge in [-0.25, -0.2) is 0 Å². The van der Waals surface area contributed by atoms with E-state index in [1.54, 1.807) is 60.7 Å². The van der Waals surface area contributed by atoms with Crippen LogP contribution in [-0.4, -0.2) is 83.2 Å². The van der Waals surface area contributed by atoms with Gasteiger partial charge in [0.1, 0.15) is 12.1 Å². The van der Waals surface area contributed by atoms with Crippen LogP contribution in [0.15, 0.2) is 60.7 Å². The third-order valence-electron chi connectivity index (χ3n) is 7.76. The average molecular weight is 667 g/mol. The molecule has 1 aliphatic rings. The SMILES string of the molecule is CCSNCC(=O)[C@@](Cc1ccccc1)(NC(=O)CNC(=O)[C@H](CC(C)C)NC(=O)[C@@H]1CCCN1C(C)=O)C(=O)Nc1ccccc1. The number of amides is 5. The van der Waals surface area contributed by atoms with Gasteiger partial charge in [-0.3, -0.25) is 33.5 Å². The van der Waals surface area contributed by atoms with E-state index in [1.165, 1.54) is 23.8 Å². The average Bonchev–Trinajstić information content (AvgIpc) is 3.55. The molecule has 5 N–H and O–H groups in total. The third kappa shape index (κ3) is 10.9. The van der Waals surface area contributed by atoms with Crippen LogP contribution in [0.4, 0.5) is 5.69 Å². The summed E-state index contributed by atoms with van der Waals surface area (Å²) in [5.74, 6) is -2.58. The van der Waals surface area contributed by atoms with Crippen molar-refractivity contribution in [1.82, 2.24) is 25.6 Å². The molecule has 2 aromatic carbocycles. The minimum Gasteiger partial charge on any atom is -0.345 e. The minimum atomic E-state index is -2.02. The van der Waals surface area contributed by atoms with Gasteiger partial charge < -0.3 is 26.2 Å². The van der Waals surface area contributed by atoms with Crippen LogP contribution < -0.4 is 26.0 Å². The van der Waals surface area contributed by atoms with Crippen molar-refractivity contribution in [3.8, 4) is 0 Å². The molecule has 12 nitrogen and oxygen atoms in total. The molecule has 3 atom stereocenters. The van der Waals surface area contributed by atoms with E-state index in [0.717, 1.165) is 0 Å². The molecule has 5 amide bonds. The van der Waals surface area contributed by atoms with Gasteiger partial charge in [-0.1, -0.05) is 81.3 Å². The predicted octanol–water partition coefficient (Wildman–Crippen LogP) is 2.21. The number of para-hydroxylation sites is 1. The van der Waals surface area contributed by atoms with Crippen LogP contribution in [0.2, 0.25) is 0 Å². The molecular formula is C34H46N6O6S. The van der Waals surface area contributed by atoms with Crippen molar-refractivity contribution in [2.45, 2.75) is 71.0 Å². The van der Waals surface area contributed by atoms with Crippen molar-refractivity contribution >= 4 is 53.0 Å². The Labute approximate surface area is 280 Å². The van der Waals surface area contributed by atoms with E-state index in [1.807, 2.05) is 20.8 Å². The molecular weight excluding hydrogens is 620 g/mol. The Morgan fingerprint density at radius 2 is 1.62 bits per heavy atom. The highest BCUT2D eigenvalue weighted by atomic mass is 32.2. The summed E-state index contributed by atoms with van der Waals surface area (Å²) >= 11 is 1.30. The molecule has 47 heavy (non-hydrogen) atoms. The Morgan fingerprint density at radius 3 is 2.23 bits per heavy atom. The standard InChI is InChI=1S/C34H46N6O6S/c1-5-47-36-21-29(42)34(20-25-13-8-6-9-14-25,33(46)37-26-15-10-7-11-16-26)39-30(43)22-35-31(44)27(19-23(2)3)38-32(45)28-17-12-18-40(28)24(4)41/h6-11,13-16,23,27-28,36H,5,12,17-22H2,1-4H3,(H,35,44)(H,37,46)(H,38,45)(H,39,43)/t27-,28-,34+/m0/s1. The summed E-state index contributed by atoms with van der Waals surface area (Å²) in [6, 6.07) is 15.9. The first kappa shape index (κ1) is 37.2. The molecule has 0 spiro atoms. The highest BCUT2D eigenvalue weighted by molar-refractivity contribution is 7.97. The molecule has 0 unspecified atom stereocenters. The van der Waals surface area contributed by atoms with Crippen LogP contribution in [0.25, 0.3) is 0 Å². The Kier molecular flexibility index (Phi) is 14.4. The number of benzene rings is 2. The lowest BCUT2D eigenvalue weighted by Gasteiger charge is -2.32. The number of anilines is 1. The van der Waals surface area contributed by atoms with Crippen LogP contribution in [0, 0.1) is 5.92 Å². The predicted molar refractivity (Wildman–Crippen MR) is 182 cm³/mol. The molecule has 3 rings (SSSR count). The Bertz CT molecular complexity index is 1390. The van der Waals surface area contributed by atoms with E-state index in [9.17, 15) is 28.8 Å². The number of ketones is 1. The normalized spacial score (nSPS) is 16.1. The molecule has 0 bridgehead atoms. The summed E-state index contributed by atoms with van der Waals surface area (Å²) in [6.45, 7) is 6.83. The van der Waals surface area contributed by atoms with Gasteiger partial charge in [0.2, 0.25) is 23.6 Å². The maximum atomic E-state index is 14.0. The second kappa shape index (κ2) is 18.2. The number of carbonyl (C=O) groups excluding carboxylic acids is 6. The Morgan fingerprint density at radius 1 is 0.957 bits per heavy atom. The van der Waals surface area contributed by atoms with Gasteiger partial charge in [-0.15, -0.1) is 0 Å². The first-order valence-electron chi connectivity index (χ1n) is 15.9. The Balaban J connectivity index is 1.82. The van der Waals surface area contributed by atoms with Gasteiger partial charge in [0.05, 0.1) is 13.1 Å². The zero-order valence-corrected chi connectivity index (χ0v) is 28.3. The van der Waals surface area contributed by atoms with Crippen molar-refractivity contribution in [3.63, 3.8) is 0 Å². The largest absolute Gasteiger partial charge is 0.345 e. The third-order valence-corrected chi connectivity index (χ3v) is 8.40.